The van der Waals surface area contributed by atoms with Crippen molar-refractivity contribution in [3.8, 4) is 0 Å². The zero-order valence-corrected chi connectivity index (χ0v) is 10.6. The van der Waals surface area contributed by atoms with Gasteiger partial charge in [-0.2, -0.15) is 0 Å². The van der Waals surface area contributed by atoms with Crippen LogP contribution in [0.25, 0.3) is 0 Å². The van der Waals surface area contributed by atoms with E-state index in [1.807, 2.05) is 0 Å². The molecule has 1 saturated heterocycles. The van der Waals surface area contributed by atoms with Crippen molar-refractivity contribution >= 4 is 0 Å². The van der Waals surface area contributed by atoms with Gasteiger partial charge in [0, 0.05) is 0 Å². The minimum atomic E-state index is 0.123. The van der Waals surface area contributed by atoms with E-state index in [0.717, 1.165) is 12.8 Å². The molecule has 0 N–H and O–H groups in total. The largest absolute Gasteiger partial charge is 0.366 e. The van der Waals surface area contributed by atoms with Crippen LogP contribution in [0.5, 0.6) is 0 Å². The van der Waals surface area contributed by atoms with Gasteiger partial charge in [-0.1, -0.05) is 13.8 Å². The minimum absolute atomic E-state index is 0.123. The average molecular weight is 224 g/mol. The van der Waals surface area contributed by atoms with Crippen LogP contribution in [-0.4, -0.2) is 23.4 Å². The van der Waals surface area contributed by atoms with Crippen molar-refractivity contribution in [2.75, 3.05) is 0 Å². The fourth-order valence-electron chi connectivity index (χ4n) is 3.78. The first-order valence-corrected chi connectivity index (χ1v) is 7.11. The van der Waals surface area contributed by atoms with Crippen molar-refractivity contribution in [3.63, 3.8) is 0 Å². The average Bonchev–Trinajstić information content (AvgIpc) is 2.22. The molecule has 2 nitrogen and oxygen atoms in total. The molecule has 0 aromatic rings. The summed E-state index contributed by atoms with van der Waals surface area (Å²) in [6.45, 7) is 4.45. The van der Waals surface area contributed by atoms with E-state index >= 15 is 0 Å². The zero-order chi connectivity index (χ0) is 11.2. The smallest absolute Gasteiger partial charge is 0.0976 e. The summed E-state index contributed by atoms with van der Waals surface area (Å²) in [5.41, 5.74) is 0.245. The summed E-state index contributed by atoms with van der Waals surface area (Å²) in [5.74, 6) is 0. The number of hydrogen-bond donors (Lipinski definition) is 0. The first kappa shape index (κ1) is 11.0. The Morgan fingerprint density at radius 1 is 0.812 bits per heavy atom. The van der Waals surface area contributed by atoms with E-state index in [4.69, 9.17) is 9.47 Å². The summed E-state index contributed by atoms with van der Waals surface area (Å²) in [6.07, 6.45) is 10.5. The molecular weight excluding hydrogens is 200 g/mol. The molecule has 16 heavy (non-hydrogen) atoms. The quantitative estimate of drug-likeness (QED) is 0.715. The molecule has 92 valence electrons. The van der Waals surface area contributed by atoms with E-state index in [-0.39, 0.29) is 11.2 Å². The van der Waals surface area contributed by atoms with Crippen molar-refractivity contribution in [3.05, 3.63) is 0 Å². The maximum absolute atomic E-state index is 6.50. The Hall–Kier alpha value is -0.0800. The van der Waals surface area contributed by atoms with Gasteiger partial charge < -0.3 is 9.47 Å². The van der Waals surface area contributed by atoms with E-state index in [9.17, 15) is 0 Å². The third-order valence-corrected chi connectivity index (χ3v) is 5.13. The van der Waals surface area contributed by atoms with Gasteiger partial charge in [0.2, 0.25) is 0 Å². The van der Waals surface area contributed by atoms with Crippen LogP contribution in [0.2, 0.25) is 0 Å². The van der Waals surface area contributed by atoms with Crippen LogP contribution in [0.3, 0.4) is 0 Å². The summed E-state index contributed by atoms with van der Waals surface area (Å²) >= 11 is 0. The third-order valence-electron chi connectivity index (χ3n) is 5.13. The van der Waals surface area contributed by atoms with Crippen LogP contribution in [0.4, 0.5) is 0 Å². The molecule has 2 spiro atoms. The van der Waals surface area contributed by atoms with Crippen molar-refractivity contribution in [2.45, 2.75) is 88.6 Å². The molecule has 2 atom stereocenters. The molecular formula is C14H24O2. The Balaban J connectivity index is 1.83. The Kier molecular flexibility index (Phi) is 2.56. The monoisotopic (exact) mass is 224 g/mol. The lowest BCUT2D eigenvalue weighted by molar-refractivity contribution is -0.360. The minimum Gasteiger partial charge on any atom is -0.366 e. The van der Waals surface area contributed by atoms with Crippen LogP contribution in [0.1, 0.15) is 65.2 Å². The highest BCUT2D eigenvalue weighted by molar-refractivity contribution is 5.14. The Bertz CT molecular complexity index is 238. The summed E-state index contributed by atoms with van der Waals surface area (Å²) in [7, 11) is 0. The molecule has 3 aliphatic rings. The number of ether oxygens (including phenoxy) is 2. The van der Waals surface area contributed by atoms with Crippen molar-refractivity contribution in [1.29, 1.82) is 0 Å². The fourth-order valence-corrected chi connectivity index (χ4v) is 3.78. The molecule has 0 bridgehead atoms. The molecule has 2 saturated carbocycles. The Morgan fingerprint density at radius 3 is 1.38 bits per heavy atom. The maximum Gasteiger partial charge on any atom is 0.0976 e. The molecule has 1 heterocycles. The first-order chi connectivity index (χ1) is 7.75. The predicted molar refractivity (Wildman–Crippen MR) is 63.5 cm³/mol. The molecule has 2 heteroatoms. The summed E-state index contributed by atoms with van der Waals surface area (Å²) in [4.78, 5) is 0. The summed E-state index contributed by atoms with van der Waals surface area (Å²) in [5, 5.41) is 0. The normalized spacial score (nSPS) is 39.4. The topological polar surface area (TPSA) is 18.5 Å². The lowest BCUT2D eigenvalue weighted by Gasteiger charge is -2.64. The number of hydrogen-bond acceptors (Lipinski definition) is 2. The highest BCUT2D eigenvalue weighted by atomic mass is 16.6. The zero-order valence-electron chi connectivity index (χ0n) is 10.6. The highest BCUT2D eigenvalue weighted by Crippen LogP contribution is 2.58. The molecule has 2 aliphatic carbocycles. The second kappa shape index (κ2) is 3.71. The predicted octanol–water partition coefficient (Wildman–Crippen LogP) is 3.44. The summed E-state index contributed by atoms with van der Waals surface area (Å²) in [6, 6.07) is 0. The molecule has 0 aromatic heterocycles. The van der Waals surface area contributed by atoms with E-state index in [1.54, 1.807) is 0 Å². The van der Waals surface area contributed by atoms with E-state index in [0.29, 0.717) is 12.2 Å². The van der Waals surface area contributed by atoms with Crippen molar-refractivity contribution in [2.24, 2.45) is 0 Å². The Labute approximate surface area is 98.7 Å². The van der Waals surface area contributed by atoms with Gasteiger partial charge in [0.25, 0.3) is 0 Å². The standard InChI is InChI=1S/C14H24O2/c1-3-11-12(4-2)16-14(9-6-10-14)13(15-11)7-5-8-13/h11-12H,3-10H2,1-2H3. The molecule has 1 aliphatic heterocycles. The van der Waals surface area contributed by atoms with Gasteiger partial charge >= 0.3 is 0 Å². The lowest BCUT2D eigenvalue weighted by atomic mass is 9.58. The van der Waals surface area contributed by atoms with Gasteiger partial charge in [0.1, 0.15) is 0 Å². The fraction of sp³-hybridized carbons (Fsp3) is 1.00. The molecule has 0 radical (unpaired) electrons. The van der Waals surface area contributed by atoms with Gasteiger partial charge in [0.05, 0.1) is 23.4 Å². The molecule has 2 unspecified atom stereocenters. The molecule has 0 amide bonds. The maximum atomic E-state index is 6.50. The van der Waals surface area contributed by atoms with Crippen LogP contribution in [-0.2, 0) is 9.47 Å². The van der Waals surface area contributed by atoms with E-state index < -0.39 is 0 Å². The Morgan fingerprint density at radius 2 is 1.19 bits per heavy atom. The van der Waals surface area contributed by atoms with Crippen LogP contribution in [0, 0.1) is 0 Å². The SMILES string of the molecule is CCC1OC2(CCC2)C2(CCC2)OC1CC. The van der Waals surface area contributed by atoms with Gasteiger partial charge in [-0.15, -0.1) is 0 Å². The molecule has 0 aromatic carbocycles. The van der Waals surface area contributed by atoms with Crippen LogP contribution < -0.4 is 0 Å². The number of rotatable bonds is 2. The second-order valence-electron chi connectivity index (χ2n) is 5.82. The van der Waals surface area contributed by atoms with E-state index in [2.05, 4.69) is 13.8 Å². The molecule has 3 fully saturated rings. The highest BCUT2D eigenvalue weighted by Gasteiger charge is 2.64. The van der Waals surface area contributed by atoms with Gasteiger partial charge in [-0.05, 0) is 51.4 Å². The molecule has 3 rings (SSSR count). The summed E-state index contributed by atoms with van der Waals surface area (Å²) < 4.78 is 13.0. The van der Waals surface area contributed by atoms with Gasteiger partial charge in [-0.3, -0.25) is 0 Å². The lowest BCUT2D eigenvalue weighted by Crippen LogP contribution is -2.71. The second-order valence-corrected chi connectivity index (χ2v) is 5.82. The first-order valence-electron chi connectivity index (χ1n) is 7.11. The van der Waals surface area contributed by atoms with Crippen LogP contribution >= 0.6 is 0 Å². The van der Waals surface area contributed by atoms with E-state index in [1.165, 1.54) is 38.5 Å². The third kappa shape index (κ3) is 1.26. The number of fused-ring (bicyclic) bond motifs is 1. The van der Waals surface area contributed by atoms with Crippen LogP contribution in [0.15, 0.2) is 0 Å². The van der Waals surface area contributed by atoms with Gasteiger partial charge in [0.15, 0.2) is 0 Å². The van der Waals surface area contributed by atoms with Gasteiger partial charge in [-0.25, -0.2) is 0 Å². The van der Waals surface area contributed by atoms with Crippen molar-refractivity contribution < 1.29 is 9.47 Å². The van der Waals surface area contributed by atoms with Crippen molar-refractivity contribution in [1.82, 2.24) is 0 Å².